The Balaban J connectivity index is 1.37. The maximum atomic E-state index is 11.4. The molecule has 41 heavy (non-hydrogen) atoms. The van der Waals surface area contributed by atoms with Gasteiger partial charge in [-0.1, -0.05) is 18.2 Å². The quantitative estimate of drug-likeness (QED) is 0.154. The van der Waals surface area contributed by atoms with Crippen LogP contribution in [0.25, 0.3) is 22.3 Å². The summed E-state index contributed by atoms with van der Waals surface area (Å²) < 4.78 is 19.4. The van der Waals surface area contributed by atoms with E-state index in [9.17, 15) is 25.5 Å². The molecule has 0 spiro atoms. The molecule has 2 aliphatic heterocycles. The van der Waals surface area contributed by atoms with Crippen molar-refractivity contribution < 1.29 is 39.4 Å². The lowest BCUT2D eigenvalue weighted by atomic mass is 9.62. The van der Waals surface area contributed by atoms with E-state index in [0.29, 0.717) is 46.0 Å². The first-order chi connectivity index (χ1) is 19.8. The second-order valence-corrected chi connectivity index (χ2v) is 10.9. The molecule has 4 aromatic carbocycles. The second-order valence-electron chi connectivity index (χ2n) is 10.9. The molecule has 5 aromatic rings. The Hall–Kier alpha value is -5.24. The minimum absolute atomic E-state index is 0.0242. The van der Waals surface area contributed by atoms with Crippen molar-refractivity contribution in [2.45, 2.75) is 24.0 Å². The first-order valence-electron chi connectivity index (χ1n) is 13.3. The highest BCUT2D eigenvalue weighted by Gasteiger charge is 2.61. The molecule has 0 saturated heterocycles. The normalized spacial score (nSPS) is 23.7. The monoisotopic (exact) mass is 548 g/mol. The molecule has 1 aromatic heterocycles. The van der Waals surface area contributed by atoms with Crippen LogP contribution in [0, 0.1) is 5.92 Å². The number of furan rings is 1. The van der Waals surface area contributed by atoms with Crippen molar-refractivity contribution in [2.24, 2.45) is 5.92 Å². The van der Waals surface area contributed by atoms with Crippen LogP contribution in [-0.2, 0) is 5.79 Å². The van der Waals surface area contributed by atoms with E-state index in [-0.39, 0.29) is 40.6 Å². The van der Waals surface area contributed by atoms with Crippen LogP contribution in [0.2, 0.25) is 0 Å². The highest BCUT2D eigenvalue weighted by Crippen LogP contribution is 2.64. The zero-order chi connectivity index (χ0) is 28.0. The van der Waals surface area contributed by atoms with E-state index < -0.39 is 11.7 Å². The molecular formula is C33H24O8. The summed E-state index contributed by atoms with van der Waals surface area (Å²) in [7, 11) is 0. The molecule has 0 unspecified atom stereocenters. The average Bonchev–Trinajstić information content (AvgIpc) is 3.36. The van der Waals surface area contributed by atoms with Gasteiger partial charge < -0.3 is 39.4 Å². The zero-order valence-corrected chi connectivity index (χ0v) is 21.5. The van der Waals surface area contributed by atoms with E-state index in [1.807, 2.05) is 18.2 Å². The van der Waals surface area contributed by atoms with Crippen LogP contribution in [-0.4, -0.2) is 25.5 Å². The molecule has 0 saturated carbocycles. The van der Waals surface area contributed by atoms with Gasteiger partial charge in [0.15, 0.2) is 0 Å². The highest BCUT2D eigenvalue weighted by atomic mass is 16.7. The van der Waals surface area contributed by atoms with Gasteiger partial charge in [-0.25, -0.2) is 0 Å². The van der Waals surface area contributed by atoms with Crippen LogP contribution < -0.4 is 9.47 Å². The number of allylic oxidation sites excluding steroid dienone is 2. The molecule has 3 heterocycles. The van der Waals surface area contributed by atoms with Crippen molar-refractivity contribution in [2.75, 3.05) is 0 Å². The molecule has 3 aliphatic rings. The van der Waals surface area contributed by atoms with Gasteiger partial charge in [0.2, 0.25) is 0 Å². The van der Waals surface area contributed by atoms with Crippen molar-refractivity contribution in [3.05, 3.63) is 102 Å². The fourth-order valence-corrected chi connectivity index (χ4v) is 6.83. The third kappa shape index (κ3) is 3.34. The number of rotatable bonds is 2. The minimum atomic E-state index is -1.56. The van der Waals surface area contributed by atoms with Crippen LogP contribution in [0.3, 0.4) is 0 Å². The molecule has 8 heteroatoms. The molecule has 0 radical (unpaired) electrons. The minimum Gasteiger partial charge on any atom is -0.508 e. The summed E-state index contributed by atoms with van der Waals surface area (Å²) in [5.41, 5.74) is 2.84. The first-order valence-corrected chi connectivity index (χ1v) is 13.3. The van der Waals surface area contributed by atoms with Crippen molar-refractivity contribution in [3.8, 4) is 51.6 Å². The second kappa shape index (κ2) is 8.14. The number of phenols is 5. The predicted molar refractivity (Wildman–Crippen MR) is 149 cm³/mol. The Morgan fingerprint density at radius 2 is 1.46 bits per heavy atom. The molecule has 5 N–H and O–H groups in total. The standard InChI is InChI=1S/C33H24O8/c34-18-7-9-24(25(37)13-18)33-32-22(21-8-6-20(36)15-29(21)40-33)2-1-3-23(32)31-26(38)10-17(12-30(31)41-33)27-11-16-4-5-19(35)14-28(16)39-27/h1,3-15,22-23,32,34-38H,2H2/t22-,23-,32-,33+/m1/s1. The Labute approximate surface area is 233 Å². The fourth-order valence-electron chi connectivity index (χ4n) is 6.83. The Morgan fingerprint density at radius 3 is 2.32 bits per heavy atom. The number of benzene rings is 4. The Bertz CT molecular complexity index is 1920. The molecular weight excluding hydrogens is 524 g/mol. The van der Waals surface area contributed by atoms with E-state index >= 15 is 0 Å². The third-order valence-corrected chi connectivity index (χ3v) is 8.51. The van der Waals surface area contributed by atoms with Crippen molar-refractivity contribution in [1.29, 1.82) is 0 Å². The van der Waals surface area contributed by atoms with Crippen LogP contribution in [0.5, 0.6) is 40.2 Å². The molecule has 8 nitrogen and oxygen atoms in total. The van der Waals surface area contributed by atoms with E-state index in [1.165, 1.54) is 24.3 Å². The zero-order valence-electron chi connectivity index (χ0n) is 21.5. The van der Waals surface area contributed by atoms with Gasteiger partial charge in [-0.15, -0.1) is 0 Å². The summed E-state index contributed by atoms with van der Waals surface area (Å²) in [4.78, 5) is 0. The molecule has 0 bridgehead atoms. The van der Waals surface area contributed by atoms with Gasteiger partial charge in [-0.05, 0) is 60.5 Å². The summed E-state index contributed by atoms with van der Waals surface area (Å²) in [6, 6.07) is 19.3. The molecule has 0 fully saturated rings. The van der Waals surface area contributed by atoms with Gasteiger partial charge in [0.25, 0.3) is 5.79 Å². The van der Waals surface area contributed by atoms with Crippen LogP contribution in [0.15, 0.2) is 89.4 Å². The van der Waals surface area contributed by atoms with Gasteiger partial charge in [0.05, 0.1) is 11.5 Å². The summed E-state index contributed by atoms with van der Waals surface area (Å²) >= 11 is 0. The molecule has 8 rings (SSSR count). The molecule has 4 atom stereocenters. The summed E-state index contributed by atoms with van der Waals surface area (Å²) in [6.45, 7) is 0. The van der Waals surface area contributed by atoms with Crippen molar-refractivity contribution in [3.63, 3.8) is 0 Å². The third-order valence-electron chi connectivity index (χ3n) is 8.51. The molecule has 204 valence electrons. The maximum absolute atomic E-state index is 11.4. The predicted octanol–water partition coefficient (Wildman–Crippen LogP) is 6.71. The van der Waals surface area contributed by atoms with E-state index in [2.05, 4.69) is 6.08 Å². The Kier molecular flexibility index (Phi) is 4.69. The summed E-state index contributed by atoms with van der Waals surface area (Å²) in [6.07, 6.45) is 4.77. The highest BCUT2D eigenvalue weighted by molar-refractivity contribution is 5.84. The van der Waals surface area contributed by atoms with Crippen LogP contribution in [0.4, 0.5) is 0 Å². The number of hydrogen-bond acceptors (Lipinski definition) is 8. The SMILES string of the molecule is Oc1ccc([C@]23Oc4cc(O)ccc4[C@H]4CC=C[C@H](c5c(O)cc(-c6cc7ccc(O)cc7o6)cc5O2)[C@@H]43)c(O)c1. The van der Waals surface area contributed by atoms with E-state index in [4.69, 9.17) is 13.9 Å². The average molecular weight is 549 g/mol. The van der Waals surface area contributed by atoms with Gasteiger partial charge >= 0.3 is 0 Å². The summed E-state index contributed by atoms with van der Waals surface area (Å²) in [5, 5.41) is 53.6. The summed E-state index contributed by atoms with van der Waals surface area (Å²) in [5.74, 6) is -1.40. The lowest BCUT2D eigenvalue weighted by molar-refractivity contribution is -0.198. The topological polar surface area (TPSA) is 133 Å². The number of aromatic hydroxyl groups is 5. The van der Waals surface area contributed by atoms with Gasteiger partial charge in [-0.3, -0.25) is 0 Å². The van der Waals surface area contributed by atoms with E-state index in [0.717, 1.165) is 10.9 Å². The van der Waals surface area contributed by atoms with Gasteiger partial charge in [-0.2, -0.15) is 0 Å². The number of hydrogen-bond donors (Lipinski definition) is 5. The number of phenolic OH excluding ortho intramolecular Hbond substituents is 5. The molecule has 1 aliphatic carbocycles. The largest absolute Gasteiger partial charge is 0.508 e. The fraction of sp³-hybridized carbons (Fsp3) is 0.152. The van der Waals surface area contributed by atoms with Crippen molar-refractivity contribution in [1.82, 2.24) is 0 Å². The Morgan fingerprint density at radius 1 is 0.707 bits per heavy atom. The van der Waals surface area contributed by atoms with Crippen LogP contribution in [0.1, 0.15) is 34.9 Å². The smallest absolute Gasteiger partial charge is 0.285 e. The maximum Gasteiger partial charge on any atom is 0.285 e. The van der Waals surface area contributed by atoms with E-state index in [1.54, 1.807) is 36.4 Å². The molecule has 0 amide bonds. The van der Waals surface area contributed by atoms with Gasteiger partial charge in [0, 0.05) is 46.5 Å². The van der Waals surface area contributed by atoms with Crippen LogP contribution >= 0.6 is 0 Å². The van der Waals surface area contributed by atoms with Gasteiger partial charge in [0.1, 0.15) is 51.6 Å². The number of fused-ring (bicyclic) bond motifs is 5. The lowest BCUT2D eigenvalue weighted by Gasteiger charge is -2.54. The first kappa shape index (κ1) is 23.6. The van der Waals surface area contributed by atoms with Crippen molar-refractivity contribution >= 4 is 11.0 Å². The number of ether oxygens (including phenoxy) is 2. The lowest BCUT2D eigenvalue weighted by Crippen LogP contribution is -2.56.